The van der Waals surface area contributed by atoms with Crippen molar-refractivity contribution in [1.29, 1.82) is 5.26 Å². The second kappa shape index (κ2) is 4.85. The highest BCUT2D eigenvalue weighted by molar-refractivity contribution is 7.12. The first-order valence-electron chi connectivity index (χ1n) is 4.96. The van der Waals surface area contributed by atoms with Gasteiger partial charge in [0.25, 0.3) is 5.91 Å². The third-order valence-electron chi connectivity index (χ3n) is 2.25. The minimum Gasteiger partial charge on any atom is -0.397 e. The lowest BCUT2D eigenvalue weighted by atomic mass is 10.2. The van der Waals surface area contributed by atoms with Crippen molar-refractivity contribution >= 4 is 28.6 Å². The summed E-state index contributed by atoms with van der Waals surface area (Å²) in [6.07, 6.45) is 0. The third-order valence-corrected chi connectivity index (χ3v) is 3.18. The summed E-state index contributed by atoms with van der Waals surface area (Å²) in [7, 11) is 0. The zero-order valence-corrected chi connectivity index (χ0v) is 9.92. The van der Waals surface area contributed by atoms with Gasteiger partial charge in [-0.15, -0.1) is 11.3 Å². The molecule has 0 aliphatic rings. The fraction of sp³-hybridized carbons (Fsp3) is 0. The first kappa shape index (κ1) is 12.1. The number of nitrogens with zero attached hydrogens (tertiary/aromatic N) is 1. The van der Waals surface area contributed by atoms with Crippen molar-refractivity contribution < 1.29 is 9.18 Å². The molecule has 4 nitrogen and oxygen atoms in total. The van der Waals surface area contributed by atoms with E-state index in [-0.39, 0.29) is 11.5 Å². The topological polar surface area (TPSA) is 78.9 Å². The van der Waals surface area contributed by atoms with Gasteiger partial charge in [-0.2, -0.15) is 5.26 Å². The lowest BCUT2D eigenvalue weighted by Gasteiger charge is -2.05. The van der Waals surface area contributed by atoms with Gasteiger partial charge in [0.05, 0.1) is 11.3 Å². The van der Waals surface area contributed by atoms with Crippen LogP contribution in [0.4, 0.5) is 15.8 Å². The molecule has 0 fully saturated rings. The van der Waals surface area contributed by atoms with Crippen LogP contribution >= 0.6 is 11.3 Å². The summed E-state index contributed by atoms with van der Waals surface area (Å²) in [6.45, 7) is 0. The van der Waals surface area contributed by atoms with Gasteiger partial charge in [0.15, 0.2) is 0 Å². The summed E-state index contributed by atoms with van der Waals surface area (Å²) < 4.78 is 13.1. The second-order valence-corrected chi connectivity index (χ2v) is 4.38. The highest BCUT2D eigenvalue weighted by Gasteiger charge is 2.12. The molecular formula is C12H8FN3OS. The van der Waals surface area contributed by atoms with E-state index in [0.29, 0.717) is 16.3 Å². The average Bonchev–Trinajstić information content (AvgIpc) is 2.78. The van der Waals surface area contributed by atoms with Gasteiger partial charge < -0.3 is 11.1 Å². The Morgan fingerprint density at radius 3 is 2.83 bits per heavy atom. The molecule has 90 valence electrons. The van der Waals surface area contributed by atoms with Crippen LogP contribution in [0.15, 0.2) is 29.6 Å². The lowest BCUT2D eigenvalue weighted by Crippen LogP contribution is -2.12. The number of nitrogens with two attached hydrogens (primary N) is 1. The van der Waals surface area contributed by atoms with E-state index in [9.17, 15) is 9.18 Å². The highest BCUT2D eigenvalue weighted by Crippen LogP contribution is 2.21. The predicted octanol–water partition coefficient (Wildman–Crippen LogP) is 2.59. The SMILES string of the molecule is N#Cc1cc(NC(=O)c2sccc2N)ccc1F. The van der Waals surface area contributed by atoms with Crippen molar-refractivity contribution in [2.75, 3.05) is 11.1 Å². The van der Waals surface area contributed by atoms with Crippen molar-refractivity contribution in [3.63, 3.8) is 0 Å². The maximum absolute atomic E-state index is 13.1. The van der Waals surface area contributed by atoms with Gasteiger partial charge in [0.2, 0.25) is 0 Å². The molecule has 0 bridgehead atoms. The molecule has 3 N–H and O–H groups in total. The van der Waals surface area contributed by atoms with Crippen molar-refractivity contribution in [3.05, 3.63) is 45.9 Å². The van der Waals surface area contributed by atoms with Crippen LogP contribution in [-0.2, 0) is 0 Å². The molecule has 0 saturated carbocycles. The number of nitrogens with one attached hydrogen (secondary N) is 1. The van der Waals surface area contributed by atoms with Crippen LogP contribution in [0.25, 0.3) is 0 Å². The molecule has 0 aliphatic heterocycles. The highest BCUT2D eigenvalue weighted by atomic mass is 32.1. The molecule has 6 heteroatoms. The molecule has 18 heavy (non-hydrogen) atoms. The van der Waals surface area contributed by atoms with Gasteiger partial charge in [-0.1, -0.05) is 0 Å². The normalized spacial score (nSPS) is 9.78. The maximum atomic E-state index is 13.1. The summed E-state index contributed by atoms with van der Waals surface area (Å²) in [5.74, 6) is -0.996. The molecule has 1 heterocycles. The van der Waals surface area contributed by atoms with Gasteiger partial charge >= 0.3 is 0 Å². The summed E-state index contributed by atoms with van der Waals surface area (Å²) >= 11 is 1.21. The van der Waals surface area contributed by atoms with Crippen LogP contribution in [0.1, 0.15) is 15.2 Å². The molecule has 1 aromatic heterocycles. The Balaban J connectivity index is 2.23. The minimum absolute atomic E-state index is 0.119. The molecule has 0 aliphatic carbocycles. The zero-order valence-electron chi connectivity index (χ0n) is 9.11. The molecule has 0 unspecified atom stereocenters. The molecule has 2 aromatic rings. The number of nitrogen functional groups attached to an aromatic ring is 1. The minimum atomic E-state index is -0.619. The van der Waals surface area contributed by atoms with E-state index < -0.39 is 5.82 Å². The van der Waals surface area contributed by atoms with Gasteiger partial charge in [0, 0.05) is 5.69 Å². The smallest absolute Gasteiger partial charge is 0.267 e. The summed E-state index contributed by atoms with van der Waals surface area (Å²) in [5, 5.41) is 12.9. The number of rotatable bonds is 2. The van der Waals surface area contributed by atoms with Crippen molar-refractivity contribution in [2.45, 2.75) is 0 Å². The van der Waals surface area contributed by atoms with E-state index in [1.807, 2.05) is 0 Å². The molecular weight excluding hydrogens is 253 g/mol. The molecule has 2 rings (SSSR count). The monoisotopic (exact) mass is 261 g/mol. The van der Waals surface area contributed by atoms with E-state index in [1.165, 1.54) is 23.5 Å². The van der Waals surface area contributed by atoms with Gasteiger partial charge in [-0.25, -0.2) is 4.39 Å². The second-order valence-electron chi connectivity index (χ2n) is 3.47. The number of hydrogen-bond donors (Lipinski definition) is 2. The standard InChI is InChI=1S/C12H8FN3OS/c13-9-2-1-8(5-7(9)6-14)16-12(17)11-10(15)3-4-18-11/h1-5H,15H2,(H,16,17). The number of benzene rings is 1. The Morgan fingerprint density at radius 2 is 2.22 bits per heavy atom. The van der Waals surface area contributed by atoms with Crippen LogP contribution in [0.5, 0.6) is 0 Å². The lowest BCUT2D eigenvalue weighted by molar-refractivity contribution is 0.103. The number of anilines is 2. The molecule has 1 aromatic carbocycles. The van der Waals surface area contributed by atoms with Crippen LogP contribution in [0, 0.1) is 17.1 Å². The molecule has 1 amide bonds. The number of hydrogen-bond acceptors (Lipinski definition) is 4. The summed E-state index contributed by atoms with van der Waals surface area (Å²) in [6, 6.07) is 7.13. The van der Waals surface area contributed by atoms with Crippen molar-refractivity contribution in [2.24, 2.45) is 0 Å². The number of thiophene rings is 1. The van der Waals surface area contributed by atoms with Crippen LogP contribution in [0.3, 0.4) is 0 Å². The molecule has 0 radical (unpaired) electrons. The Hall–Kier alpha value is -2.39. The largest absolute Gasteiger partial charge is 0.397 e. The van der Waals surface area contributed by atoms with Gasteiger partial charge in [-0.05, 0) is 29.6 Å². The average molecular weight is 261 g/mol. The molecule has 0 saturated heterocycles. The van der Waals surface area contributed by atoms with Crippen molar-refractivity contribution in [3.8, 4) is 6.07 Å². The zero-order chi connectivity index (χ0) is 13.1. The molecule has 0 spiro atoms. The number of amides is 1. The molecule has 0 atom stereocenters. The Bertz CT molecular complexity index is 645. The Morgan fingerprint density at radius 1 is 1.44 bits per heavy atom. The Labute approximate surface area is 106 Å². The van der Waals surface area contributed by atoms with Crippen LogP contribution in [0.2, 0.25) is 0 Å². The number of carbonyl (C=O) groups excluding carboxylic acids is 1. The number of carbonyl (C=O) groups is 1. The predicted molar refractivity (Wildman–Crippen MR) is 67.8 cm³/mol. The van der Waals surface area contributed by atoms with E-state index in [0.717, 1.165) is 6.07 Å². The van der Waals surface area contributed by atoms with Crippen LogP contribution in [-0.4, -0.2) is 5.91 Å². The third kappa shape index (κ3) is 2.31. The fourth-order valence-electron chi connectivity index (χ4n) is 1.38. The van der Waals surface area contributed by atoms with E-state index >= 15 is 0 Å². The fourth-order valence-corrected chi connectivity index (χ4v) is 2.09. The van der Waals surface area contributed by atoms with E-state index in [2.05, 4.69) is 5.32 Å². The van der Waals surface area contributed by atoms with Crippen LogP contribution < -0.4 is 11.1 Å². The first-order chi connectivity index (χ1) is 8.61. The van der Waals surface area contributed by atoms with Crippen molar-refractivity contribution in [1.82, 2.24) is 0 Å². The Kier molecular flexibility index (Phi) is 3.26. The van der Waals surface area contributed by atoms with E-state index in [1.54, 1.807) is 17.5 Å². The first-order valence-corrected chi connectivity index (χ1v) is 5.83. The number of halogens is 1. The van der Waals surface area contributed by atoms with Gasteiger partial charge in [0.1, 0.15) is 16.8 Å². The maximum Gasteiger partial charge on any atom is 0.267 e. The quantitative estimate of drug-likeness (QED) is 0.872. The van der Waals surface area contributed by atoms with Gasteiger partial charge in [-0.3, -0.25) is 4.79 Å². The summed E-state index contributed by atoms with van der Waals surface area (Å²) in [4.78, 5) is 12.2. The summed E-state index contributed by atoms with van der Waals surface area (Å²) in [5.41, 5.74) is 6.24. The number of nitriles is 1. The van der Waals surface area contributed by atoms with E-state index in [4.69, 9.17) is 11.0 Å².